The zero-order valence-electron chi connectivity index (χ0n) is 16.6. The molecule has 9 heteroatoms. The van der Waals surface area contributed by atoms with Crippen molar-refractivity contribution in [2.75, 3.05) is 24.2 Å². The lowest BCUT2D eigenvalue weighted by molar-refractivity contribution is 0.120. The summed E-state index contributed by atoms with van der Waals surface area (Å²) in [5.41, 5.74) is 9.25. The molecule has 31 heavy (non-hydrogen) atoms. The molecule has 0 aliphatic carbocycles. The zero-order valence-corrected chi connectivity index (χ0v) is 18.1. The van der Waals surface area contributed by atoms with Gasteiger partial charge in [-0.2, -0.15) is 4.98 Å². The summed E-state index contributed by atoms with van der Waals surface area (Å²) in [5.74, 6) is 0.887. The van der Waals surface area contributed by atoms with Crippen molar-refractivity contribution in [1.82, 2.24) is 19.7 Å². The van der Waals surface area contributed by atoms with Crippen molar-refractivity contribution in [1.29, 1.82) is 0 Å². The highest BCUT2D eigenvalue weighted by molar-refractivity contribution is 6.35. The minimum absolute atomic E-state index is 0.162. The maximum atomic E-state index is 6.53. The molecule has 158 valence electrons. The number of fused-ring (bicyclic) bond motifs is 1. The molecule has 0 amide bonds. The molecular weight excluding hydrogens is 435 g/mol. The Hall–Kier alpha value is -2.87. The Morgan fingerprint density at radius 1 is 1.13 bits per heavy atom. The van der Waals surface area contributed by atoms with Crippen molar-refractivity contribution >= 4 is 46.0 Å². The summed E-state index contributed by atoms with van der Waals surface area (Å²) < 4.78 is 7.28. The van der Waals surface area contributed by atoms with Gasteiger partial charge in [0.1, 0.15) is 5.82 Å². The molecule has 1 fully saturated rings. The van der Waals surface area contributed by atoms with Crippen LogP contribution in [0, 0.1) is 0 Å². The van der Waals surface area contributed by atoms with Gasteiger partial charge >= 0.3 is 0 Å². The molecule has 0 spiro atoms. The van der Waals surface area contributed by atoms with Gasteiger partial charge < -0.3 is 15.8 Å². The molecule has 2 aromatic heterocycles. The fraction of sp³-hybridized carbons (Fsp3) is 0.227. The first-order chi connectivity index (χ1) is 15.1. The molecule has 1 saturated heterocycles. The van der Waals surface area contributed by atoms with Gasteiger partial charge in [-0.25, -0.2) is 9.67 Å². The maximum absolute atomic E-state index is 6.53. The topological polar surface area (TPSA) is 90.9 Å². The molecule has 3 heterocycles. The summed E-state index contributed by atoms with van der Waals surface area (Å²) >= 11 is 12.5. The molecule has 1 aliphatic rings. The number of ether oxygens (including phenoxy) is 1. The molecule has 1 unspecified atom stereocenters. The van der Waals surface area contributed by atoms with Crippen LogP contribution in [0.4, 0.5) is 11.8 Å². The molecule has 4 aromatic rings. The lowest BCUT2D eigenvalue weighted by Crippen LogP contribution is -2.19. The van der Waals surface area contributed by atoms with Gasteiger partial charge in [0.15, 0.2) is 5.65 Å². The van der Waals surface area contributed by atoms with Gasteiger partial charge in [-0.1, -0.05) is 53.5 Å². The minimum atomic E-state index is 0.162. The van der Waals surface area contributed by atoms with Crippen molar-refractivity contribution in [2.24, 2.45) is 0 Å². The van der Waals surface area contributed by atoms with Gasteiger partial charge in [-0.05, 0) is 31.0 Å². The largest absolute Gasteiger partial charge is 0.383 e. The van der Waals surface area contributed by atoms with Crippen LogP contribution in [0.5, 0.6) is 0 Å². The molecule has 2 aromatic carbocycles. The quantitative estimate of drug-likeness (QED) is 0.442. The van der Waals surface area contributed by atoms with Gasteiger partial charge in [-0.3, -0.25) is 0 Å². The van der Waals surface area contributed by atoms with E-state index in [0.717, 1.165) is 25.0 Å². The molecule has 7 nitrogen and oxygen atoms in total. The van der Waals surface area contributed by atoms with Gasteiger partial charge in [-0.15, -0.1) is 5.10 Å². The molecule has 3 N–H and O–H groups in total. The summed E-state index contributed by atoms with van der Waals surface area (Å²) in [6.07, 6.45) is 2.26. The summed E-state index contributed by atoms with van der Waals surface area (Å²) in [4.78, 5) is 9.39. The second-order valence-corrected chi connectivity index (χ2v) is 8.21. The van der Waals surface area contributed by atoms with Crippen LogP contribution < -0.4 is 11.1 Å². The van der Waals surface area contributed by atoms with E-state index in [1.165, 1.54) is 0 Å². The van der Waals surface area contributed by atoms with Crippen molar-refractivity contribution in [3.8, 4) is 16.9 Å². The lowest BCUT2D eigenvalue weighted by atomic mass is 10.1. The zero-order chi connectivity index (χ0) is 21.4. The highest BCUT2D eigenvalue weighted by Crippen LogP contribution is 2.34. The van der Waals surface area contributed by atoms with Gasteiger partial charge in [0.2, 0.25) is 5.95 Å². The van der Waals surface area contributed by atoms with Crippen LogP contribution in [0.15, 0.2) is 48.5 Å². The van der Waals surface area contributed by atoms with Crippen molar-refractivity contribution in [3.63, 3.8) is 0 Å². The Morgan fingerprint density at radius 2 is 1.97 bits per heavy atom. The summed E-state index contributed by atoms with van der Waals surface area (Å²) in [6.45, 7) is 1.43. The monoisotopic (exact) mass is 454 g/mol. The molecular formula is C22H20Cl2N6O. The van der Waals surface area contributed by atoms with E-state index in [1.54, 1.807) is 22.9 Å². The van der Waals surface area contributed by atoms with E-state index >= 15 is 0 Å². The minimum Gasteiger partial charge on any atom is -0.383 e. The third kappa shape index (κ3) is 3.92. The predicted molar refractivity (Wildman–Crippen MR) is 124 cm³/mol. The second-order valence-electron chi connectivity index (χ2n) is 7.37. The fourth-order valence-electron chi connectivity index (χ4n) is 3.74. The van der Waals surface area contributed by atoms with Crippen LogP contribution >= 0.6 is 23.2 Å². The number of benzene rings is 2. The number of anilines is 2. The Labute approximate surface area is 189 Å². The van der Waals surface area contributed by atoms with Crippen LogP contribution in [0.1, 0.15) is 12.8 Å². The average molecular weight is 455 g/mol. The Kier molecular flexibility index (Phi) is 5.40. The van der Waals surface area contributed by atoms with Crippen molar-refractivity contribution in [2.45, 2.75) is 18.9 Å². The fourth-order valence-corrected chi connectivity index (χ4v) is 4.23. The second kappa shape index (κ2) is 8.34. The number of rotatable bonds is 5. The van der Waals surface area contributed by atoms with Gasteiger partial charge in [0, 0.05) is 23.7 Å². The number of nitrogen functional groups attached to an aromatic ring is 1. The van der Waals surface area contributed by atoms with Gasteiger partial charge in [0.25, 0.3) is 0 Å². The normalized spacial score (nSPS) is 16.1. The van der Waals surface area contributed by atoms with E-state index in [0.29, 0.717) is 50.8 Å². The third-order valence-electron chi connectivity index (χ3n) is 5.27. The number of nitrogens with zero attached hydrogens (tertiary/aromatic N) is 4. The number of nitrogens with one attached hydrogen (secondary N) is 1. The number of hydrogen-bond donors (Lipinski definition) is 2. The first kappa shape index (κ1) is 20.1. The van der Waals surface area contributed by atoms with E-state index < -0.39 is 0 Å². The average Bonchev–Trinajstić information content (AvgIpc) is 3.41. The van der Waals surface area contributed by atoms with Crippen LogP contribution in [-0.4, -0.2) is 39.0 Å². The van der Waals surface area contributed by atoms with E-state index in [4.69, 9.17) is 38.7 Å². The summed E-state index contributed by atoms with van der Waals surface area (Å²) in [6, 6.07) is 15.0. The standard InChI is InChI=1S/C22H20Cl2N6O/c23-14-8-9-17(16(24)11-14)30-20(25)18-19(13-5-2-1-3-6-13)27-22(28-21(18)29-30)26-12-15-7-4-10-31-15/h1-3,5-6,8-9,11,15H,4,7,10,12,25H2,(H,26,28,29). The molecule has 1 atom stereocenters. The molecule has 0 saturated carbocycles. The number of nitrogens with two attached hydrogens (primary N) is 1. The third-order valence-corrected chi connectivity index (χ3v) is 5.80. The van der Waals surface area contributed by atoms with E-state index in [9.17, 15) is 0 Å². The van der Waals surface area contributed by atoms with Crippen LogP contribution in [-0.2, 0) is 4.74 Å². The maximum Gasteiger partial charge on any atom is 0.225 e. The first-order valence-corrected chi connectivity index (χ1v) is 10.8. The Morgan fingerprint density at radius 3 is 2.71 bits per heavy atom. The number of aromatic nitrogens is 4. The van der Waals surface area contributed by atoms with E-state index in [2.05, 4.69) is 15.4 Å². The van der Waals surface area contributed by atoms with E-state index in [1.807, 2.05) is 30.3 Å². The van der Waals surface area contributed by atoms with Crippen molar-refractivity contribution in [3.05, 3.63) is 58.6 Å². The van der Waals surface area contributed by atoms with E-state index in [-0.39, 0.29) is 6.10 Å². The molecule has 5 rings (SSSR count). The molecule has 0 radical (unpaired) electrons. The van der Waals surface area contributed by atoms with Crippen LogP contribution in [0.25, 0.3) is 28.0 Å². The van der Waals surface area contributed by atoms with Gasteiger partial charge in [0.05, 0.1) is 27.9 Å². The predicted octanol–water partition coefficient (Wildman–Crippen LogP) is 4.96. The van der Waals surface area contributed by atoms with Crippen molar-refractivity contribution < 1.29 is 4.74 Å². The highest BCUT2D eigenvalue weighted by Gasteiger charge is 2.21. The first-order valence-electron chi connectivity index (χ1n) is 10.0. The summed E-state index contributed by atoms with van der Waals surface area (Å²) in [5, 5.41) is 9.58. The molecule has 1 aliphatic heterocycles. The molecule has 0 bridgehead atoms. The highest BCUT2D eigenvalue weighted by atomic mass is 35.5. The summed E-state index contributed by atoms with van der Waals surface area (Å²) in [7, 11) is 0. The smallest absolute Gasteiger partial charge is 0.225 e. The van der Waals surface area contributed by atoms with Crippen LogP contribution in [0.3, 0.4) is 0 Å². The lowest BCUT2D eigenvalue weighted by Gasteiger charge is -2.12. The SMILES string of the molecule is Nc1c2c(-c3ccccc3)nc(NCC3CCCO3)nc2nn1-c1ccc(Cl)cc1Cl. The van der Waals surface area contributed by atoms with Crippen LogP contribution in [0.2, 0.25) is 10.0 Å². The number of halogens is 2. The Bertz CT molecular complexity index is 1240. The Balaban J connectivity index is 1.64. The number of hydrogen-bond acceptors (Lipinski definition) is 6.